The lowest BCUT2D eigenvalue weighted by Crippen LogP contribution is -2.12. The van der Waals surface area contributed by atoms with Crippen molar-refractivity contribution in [2.24, 2.45) is 0 Å². The Hall–Kier alpha value is -3.93. The molecule has 32 heavy (non-hydrogen) atoms. The lowest BCUT2D eigenvalue weighted by molar-refractivity contribution is 0.683. The van der Waals surface area contributed by atoms with Crippen molar-refractivity contribution in [1.82, 2.24) is 29.8 Å². The smallest absolute Gasteiger partial charge is 0.165 e. The van der Waals surface area contributed by atoms with Gasteiger partial charge in [-0.15, -0.1) is 0 Å². The van der Waals surface area contributed by atoms with E-state index >= 15 is 0 Å². The summed E-state index contributed by atoms with van der Waals surface area (Å²) in [6.07, 6.45) is 3.15. The molecule has 0 unspecified atom stereocenters. The summed E-state index contributed by atoms with van der Waals surface area (Å²) in [5.74, 6) is 0.362. The number of nitrogens with zero attached hydrogens (tertiary/aromatic N) is 5. The first-order valence-corrected chi connectivity index (χ1v) is 10.4. The number of nitriles is 1. The zero-order valence-electron chi connectivity index (χ0n) is 17.0. The van der Waals surface area contributed by atoms with Gasteiger partial charge >= 0.3 is 0 Å². The maximum Gasteiger partial charge on any atom is 0.165 e. The summed E-state index contributed by atoms with van der Waals surface area (Å²) in [6, 6.07) is 15.7. The van der Waals surface area contributed by atoms with Gasteiger partial charge in [0.1, 0.15) is 11.8 Å². The number of halogens is 1. The summed E-state index contributed by atoms with van der Waals surface area (Å²) in [6.45, 7) is 1.92. The average molecular weight is 443 g/mol. The van der Waals surface area contributed by atoms with Crippen molar-refractivity contribution in [3.05, 3.63) is 82.5 Å². The van der Waals surface area contributed by atoms with E-state index in [0.29, 0.717) is 47.2 Å². The quantitative estimate of drug-likeness (QED) is 0.368. The molecule has 9 heteroatoms. The highest BCUT2D eigenvalue weighted by Crippen LogP contribution is 2.26. The number of nitrogens with two attached hydrogens (primary N) is 1. The number of benzene rings is 2. The highest BCUT2D eigenvalue weighted by molar-refractivity contribution is 6.31. The second-order valence-electron chi connectivity index (χ2n) is 7.54. The normalized spacial score (nSPS) is 11.2. The molecule has 5 aromatic rings. The van der Waals surface area contributed by atoms with Crippen molar-refractivity contribution < 1.29 is 0 Å². The van der Waals surface area contributed by atoms with Gasteiger partial charge in [-0.2, -0.15) is 5.26 Å². The molecule has 0 aliphatic carbocycles. The van der Waals surface area contributed by atoms with Crippen molar-refractivity contribution in [2.45, 2.75) is 19.6 Å². The van der Waals surface area contributed by atoms with Crippen LogP contribution in [0.1, 0.15) is 22.4 Å². The second kappa shape index (κ2) is 8.30. The van der Waals surface area contributed by atoms with Gasteiger partial charge in [-0.25, -0.2) is 15.0 Å². The predicted molar refractivity (Wildman–Crippen MR) is 124 cm³/mol. The summed E-state index contributed by atoms with van der Waals surface area (Å²) in [4.78, 5) is 16.2. The van der Waals surface area contributed by atoms with Crippen LogP contribution in [0.25, 0.3) is 22.1 Å². The number of imidazole rings is 1. The van der Waals surface area contributed by atoms with E-state index in [9.17, 15) is 0 Å². The molecular weight excluding hydrogens is 424 g/mol. The average Bonchev–Trinajstić information content (AvgIpc) is 3.39. The van der Waals surface area contributed by atoms with Crippen LogP contribution in [0.5, 0.6) is 0 Å². The molecular formula is C23H19ClN8. The number of aromatic nitrogens is 5. The molecule has 0 radical (unpaired) electrons. The van der Waals surface area contributed by atoms with Gasteiger partial charge in [-0.3, -0.25) is 0 Å². The molecule has 5 rings (SSSR count). The van der Waals surface area contributed by atoms with Crippen LogP contribution in [0, 0.1) is 11.3 Å². The van der Waals surface area contributed by atoms with Crippen LogP contribution < -0.4 is 11.1 Å². The minimum Gasteiger partial charge on any atom is -0.382 e. The van der Waals surface area contributed by atoms with E-state index < -0.39 is 0 Å². The Kier molecular flexibility index (Phi) is 5.19. The minimum absolute atomic E-state index is 0.362. The Morgan fingerprint density at radius 2 is 1.94 bits per heavy atom. The van der Waals surface area contributed by atoms with Crippen LogP contribution in [-0.2, 0) is 19.6 Å². The van der Waals surface area contributed by atoms with Crippen molar-refractivity contribution in [1.29, 1.82) is 5.26 Å². The fourth-order valence-electron chi connectivity index (χ4n) is 3.79. The Bertz CT molecular complexity index is 1460. The van der Waals surface area contributed by atoms with Crippen LogP contribution >= 0.6 is 11.6 Å². The third-order valence-electron chi connectivity index (χ3n) is 5.33. The fraction of sp³-hybridized carbons (Fsp3) is 0.130. The van der Waals surface area contributed by atoms with E-state index in [-0.39, 0.29) is 0 Å². The molecule has 2 aromatic carbocycles. The number of nitrogen functional groups attached to an aromatic ring is 1. The van der Waals surface area contributed by atoms with E-state index in [1.807, 2.05) is 41.0 Å². The maximum atomic E-state index is 8.91. The van der Waals surface area contributed by atoms with Crippen LogP contribution in [-0.4, -0.2) is 24.5 Å². The number of anilines is 1. The molecule has 0 spiro atoms. The molecule has 0 saturated heterocycles. The lowest BCUT2D eigenvalue weighted by atomic mass is 10.1. The number of rotatable bonds is 6. The van der Waals surface area contributed by atoms with Gasteiger partial charge in [0.15, 0.2) is 11.5 Å². The summed E-state index contributed by atoms with van der Waals surface area (Å²) in [7, 11) is 0. The lowest BCUT2D eigenvalue weighted by Gasteiger charge is -2.07. The number of H-pyrrole nitrogens is 1. The van der Waals surface area contributed by atoms with E-state index in [4.69, 9.17) is 22.6 Å². The molecule has 0 amide bonds. The molecule has 0 bridgehead atoms. The molecule has 3 heterocycles. The van der Waals surface area contributed by atoms with E-state index in [0.717, 1.165) is 27.7 Å². The summed E-state index contributed by atoms with van der Waals surface area (Å²) in [5.41, 5.74) is 12.1. The van der Waals surface area contributed by atoms with Crippen molar-refractivity contribution in [2.75, 3.05) is 5.73 Å². The van der Waals surface area contributed by atoms with Crippen LogP contribution in [0.15, 0.2) is 55.1 Å². The Morgan fingerprint density at radius 1 is 1.09 bits per heavy atom. The Morgan fingerprint density at radius 3 is 2.75 bits per heavy atom. The van der Waals surface area contributed by atoms with Gasteiger partial charge < -0.3 is 20.6 Å². The summed E-state index contributed by atoms with van der Waals surface area (Å²) >= 11 is 6.40. The number of hydrogen-bond acceptors (Lipinski definition) is 6. The fourth-order valence-corrected chi connectivity index (χ4v) is 4.04. The van der Waals surface area contributed by atoms with Gasteiger partial charge in [-0.05, 0) is 41.5 Å². The maximum absolute atomic E-state index is 8.91. The molecule has 0 aliphatic rings. The topological polar surface area (TPSA) is 121 Å². The van der Waals surface area contributed by atoms with E-state index in [1.54, 1.807) is 6.33 Å². The minimum atomic E-state index is 0.362. The second-order valence-corrected chi connectivity index (χ2v) is 7.98. The third kappa shape index (κ3) is 3.87. The Labute approximate surface area is 188 Å². The number of fused-ring (bicyclic) bond motifs is 2. The molecule has 3 aromatic heterocycles. The van der Waals surface area contributed by atoms with Gasteiger partial charge in [0, 0.05) is 29.2 Å². The van der Waals surface area contributed by atoms with Gasteiger partial charge in [0.2, 0.25) is 0 Å². The largest absolute Gasteiger partial charge is 0.382 e. The molecule has 8 nitrogen and oxygen atoms in total. The first-order valence-electron chi connectivity index (χ1n) is 10.0. The number of aromatic amines is 1. The SMILES string of the molecule is N#Cc1ccc(CNCc2cc3cc(Cl)cc(Cn4cnc5c(N)ncnc54)c3[nH]2)cc1. The molecule has 0 atom stereocenters. The van der Waals surface area contributed by atoms with Crippen molar-refractivity contribution >= 4 is 39.5 Å². The molecule has 0 aliphatic heterocycles. The molecule has 0 saturated carbocycles. The number of hydrogen-bond donors (Lipinski definition) is 3. The van der Waals surface area contributed by atoms with Gasteiger partial charge in [0.05, 0.1) is 30.0 Å². The van der Waals surface area contributed by atoms with Crippen molar-refractivity contribution in [3.63, 3.8) is 0 Å². The molecule has 158 valence electrons. The monoisotopic (exact) mass is 442 g/mol. The van der Waals surface area contributed by atoms with Crippen LogP contribution in [0.4, 0.5) is 5.82 Å². The first-order chi connectivity index (χ1) is 15.6. The third-order valence-corrected chi connectivity index (χ3v) is 5.55. The Balaban J connectivity index is 1.37. The molecule has 4 N–H and O–H groups in total. The first kappa shape index (κ1) is 20.0. The highest BCUT2D eigenvalue weighted by atomic mass is 35.5. The standard InChI is InChI=1S/C23H19ClN8/c24-18-5-16-7-19(10-27-9-15-3-1-14(8-25)2-4-15)31-20(16)17(6-18)11-32-13-30-21-22(26)28-12-29-23(21)32/h1-7,12-13,27,31H,9-11H2,(H2,26,28,29). The van der Waals surface area contributed by atoms with Crippen molar-refractivity contribution in [3.8, 4) is 6.07 Å². The van der Waals surface area contributed by atoms with E-state index in [1.165, 1.54) is 6.33 Å². The zero-order valence-corrected chi connectivity index (χ0v) is 17.8. The van der Waals surface area contributed by atoms with Crippen LogP contribution in [0.3, 0.4) is 0 Å². The van der Waals surface area contributed by atoms with E-state index in [2.05, 4.69) is 37.4 Å². The summed E-state index contributed by atoms with van der Waals surface area (Å²) in [5, 5.41) is 14.1. The van der Waals surface area contributed by atoms with Crippen LogP contribution in [0.2, 0.25) is 5.02 Å². The predicted octanol–water partition coefficient (Wildman–Crippen LogP) is 3.75. The summed E-state index contributed by atoms with van der Waals surface area (Å²) < 4.78 is 1.93. The highest BCUT2D eigenvalue weighted by Gasteiger charge is 2.12. The molecule has 0 fully saturated rings. The van der Waals surface area contributed by atoms with Gasteiger partial charge in [-0.1, -0.05) is 23.7 Å². The zero-order chi connectivity index (χ0) is 22.1. The number of nitrogens with one attached hydrogen (secondary N) is 2. The van der Waals surface area contributed by atoms with Gasteiger partial charge in [0.25, 0.3) is 0 Å².